The first kappa shape index (κ1) is 17.6. The van der Waals surface area contributed by atoms with Crippen molar-refractivity contribution in [1.29, 1.82) is 0 Å². The Kier molecular flexibility index (Phi) is 4.81. The number of likely N-dealkylation sites (N-methyl/N-ethyl adjacent to an activating group) is 1. The second kappa shape index (κ2) is 7.09. The fourth-order valence-corrected chi connectivity index (χ4v) is 4.83. The molecule has 138 valence electrons. The molecule has 4 rings (SSSR count). The summed E-state index contributed by atoms with van der Waals surface area (Å²) in [5.41, 5.74) is 0.835. The van der Waals surface area contributed by atoms with Crippen molar-refractivity contribution in [3.8, 4) is 0 Å². The molecule has 2 aliphatic heterocycles. The summed E-state index contributed by atoms with van der Waals surface area (Å²) in [4.78, 5) is 22.1. The van der Waals surface area contributed by atoms with Gasteiger partial charge in [-0.15, -0.1) is 5.10 Å². The van der Waals surface area contributed by atoms with Crippen LogP contribution < -0.4 is 0 Å². The van der Waals surface area contributed by atoms with Gasteiger partial charge in [-0.05, 0) is 24.7 Å². The monoisotopic (exact) mass is 375 g/mol. The Morgan fingerprint density at radius 2 is 2.08 bits per heavy atom. The molecule has 0 N–H and O–H groups in total. The van der Waals surface area contributed by atoms with E-state index in [0.29, 0.717) is 17.4 Å². The van der Waals surface area contributed by atoms with Crippen LogP contribution in [0, 0.1) is 5.82 Å². The van der Waals surface area contributed by atoms with Crippen LogP contribution in [-0.4, -0.2) is 68.9 Å². The summed E-state index contributed by atoms with van der Waals surface area (Å²) in [6.45, 7) is 5.52. The lowest BCUT2D eigenvalue weighted by molar-refractivity contribution is 0.0766. The summed E-state index contributed by atoms with van der Waals surface area (Å²) >= 11 is 1.45. The van der Waals surface area contributed by atoms with Crippen LogP contribution in [0.25, 0.3) is 0 Å². The lowest BCUT2D eigenvalue weighted by Crippen LogP contribution is -2.49. The van der Waals surface area contributed by atoms with Crippen molar-refractivity contribution in [3.05, 3.63) is 41.5 Å². The number of aryl methyl sites for hydroxylation is 1. The average molecular weight is 375 g/mol. The standard InChI is InChI=1S/C18H22FN5OS/c1-3-14-20-18-24(21-14)17(25)16(26-18)15(12-5-4-6-13(19)11-12)23-9-7-22(2)8-10-23/h4-6,11,15-16H,3,7-10H2,1-2H3. The third-order valence-corrected chi connectivity index (χ3v) is 6.22. The van der Waals surface area contributed by atoms with Crippen LogP contribution in [0.2, 0.25) is 0 Å². The summed E-state index contributed by atoms with van der Waals surface area (Å²) in [7, 11) is 2.09. The molecule has 8 heteroatoms. The SMILES string of the molecule is CCc1nc2n(n1)C(=O)C(C(c1cccc(F)c1)N1CCN(C)CC1)S2. The molecule has 0 spiro atoms. The molecular formula is C18H22FN5OS. The Balaban J connectivity index is 1.67. The maximum Gasteiger partial charge on any atom is 0.264 e. The van der Waals surface area contributed by atoms with Crippen molar-refractivity contribution in [3.63, 3.8) is 0 Å². The molecule has 1 aromatic carbocycles. The summed E-state index contributed by atoms with van der Waals surface area (Å²) in [5.74, 6) is 0.341. The molecule has 26 heavy (non-hydrogen) atoms. The highest BCUT2D eigenvalue weighted by Gasteiger charge is 2.43. The van der Waals surface area contributed by atoms with Crippen molar-refractivity contribution >= 4 is 17.7 Å². The molecule has 1 saturated heterocycles. The zero-order valence-electron chi connectivity index (χ0n) is 14.9. The van der Waals surface area contributed by atoms with E-state index in [0.717, 1.165) is 31.7 Å². The molecule has 0 saturated carbocycles. The van der Waals surface area contributed by atoms with Gasteiger partial charge in [-0.3, -0.25) is 9.69 Å². The average Bonchev–Trinajstić information content (AvgIpc) is 3.17. The van der Waals surface area contributed by atoms with Gasteiger partial charge < -0.3 is 4.90 Å². The minimum atomic E-state index is -0.360. The molecular weight excluding hydrogens is 353 g/mol. The van der Waals surface area contributed by atoms with Crippen molar-refractivity contribution in [2.45, 2.75) is 29.8 Å². The van der Waals surface area contributed by atoms with Crippen LogP contribution in [0.4, 0.5) is 4.39 Å². The molecule has 1 fully saturated rings. The number of fused-ring (bicyclic) bond motifs is 1. The first-order valence-electron chi connectivity index (χ1n) is 8.91. The number of hydrogen-bond donors (Lipinski definition) is 0. The predicted molar refractivity (Wildman–Crippen MR) is 97.9 cm³/mol. The molecule has 2 atom stereocenters. The van der Waals surface area contributed by atoms with Gasteiger partial charge in [0, 0.05) is 32.6 Å². The number of piperazine rings is 1. The molecule has 2 aromatic rings. The molecule has 6 nitrogen and oxygen atoms in total. The van der Waals surface area contributed by atoms with Crippen molar-refractivity contribution in [1.82, 2.24) is 24.6 Å². The van der Waals surface area contributed by atoms with Gasteiger partial charge in [0.05, 0.1) is 6.04 Å². The van der Waals surface area contributed by atoms with Crippen LogP contribution in [0.3, 0.4) is 0 Å². The molecule has 1 aromatic heterocycles. The van der Waals surface area contributed by atoms with Crippen LogP contribution in [0.1, 0.15) is 29.1 Å². The quantitative estimate of drug-likeness (QED) is 0.816. The maximum absolute atomic E-state index is 13.9. The van der Waals surface area contributed by atoms with Crippen LogP contribution in [0.15, 0.2) is 29.4 Å². The Morgan fingerprint density at radius 1 is 1.31 bits per heavy atom. The summed E-state index contributed by atoms with van der Waals surface area (Å²) in [6, 6.07) is 6.41. The van der Waals surface area contributed by atoms with Crippen LogP contribution in [0.5, 0.6) is 0 Å². The number of carbonyl (C=O) groups is 1. The fraction of sp³-hybridized carbons (Fsp3) is 0.500. The summed E-state index contributed by atoms with van der Waals surface area (Å²) in [6.07, 6.45) is 0.699. The van der Waals surface area contributed by atoms with Crippen LogP contribution in [-0.2, 0) is 6.42 Å². The van der Waals surface area contributed by atoms with Gasteiger partial charge in [-0.1, -0.05) is 30.8 Å². The Hall–Kier alpha value is -1.77. The van der Waals surface area contributed by atoms with Crippen molar-refractivity contribution in [2.75, 3.05) is 33.2 Å². The first-order chi connectivity index (χ1) is 12.6. The topological polar surface area (TPSA) is 54.3 Å². The normalized spacial score (nSPS) is 22.6. The highest BCUT2D eigenvalue weighted by Crippen LogP contribution is 2.41. The largest absolute Gasteiger partial charge is 0.304 e. The van der Waals surface area contributed by atoms with E-state index in [9.17, 15) is 9.18 Å². The highest BCUT2D eigenvalue weighted by molar-refractivity contribution is 8.00. The Labute approximate surface area is 156 Å². The Bertz CT molecular complexity index is 818. The van der Waals surface area contributed by atoms with Gasteiger partial charge in [-0.25, -0.2) is 9.37 Å². The highest BCUT2D eigenvalue weighted by atomic mass is 32.2. The molecule has 2 aliphatic rings. The number of rotatable bonds is 4. The van der Waals surface area contributed by atoms with Gasteiger partial charge in [0.15, 0.2) is 11.0 Å². The smallest absolute Gasteiger partial charge is 0.264 e. The number of benzene rings is 1. The Morgan fingerprint density at radius 3 is 2.73 bits per heavy atom. The van der Waals surface area contributed by atoms with Crippen LogP contribution >= 0.6 is 11.8 Å². The van der Waals surface area contributed by atoms with E-state index in [2.05, 4.69) is 26.9 Å². The number of carbonyl (C=O) groups excluding carboxylic acids is 1. The molecule has 0 aliphatic carbocycles. The third kappa shape index (κ3) is 3.17. The second-order valence-electron chi connectivity index (χ2n) is 6.79. The lowest BCUT2D eigenvalue weighted by Gasteiger charge is -2.39. The van der Waals surface area contributed by atoms with Crippen molar-refractivity contribution < 1.29 is 9.18 Å². The molecule has 0 amide bonds. The van der Waals surface area contributed by atoms with Gasteiger partial charge in [0.25, 0.3) is 5.91 Å². The summed E-state index contributed by atoms with van der Waals surface area (Å²) in [5, 5.41) is 4.61. The predicted octanol–water partition coefficient (Wildman–Crippen LogP) is 2.08. The number of nitrogens with zero attached hydrogens (tertiary/aromatic N) is 5. The van der Waals surface area contributed by atoms with Gasteiger partial charge in [0.2, 0.25) is 0 Å². The number of thioether (sulfide) groups is 1. The number of halogens is 1. The molecule has 2 unspecified atom stereocenters. The van der Waals surface area contributed by atoms with E-state index < -0.39 is 0 Å². The van der Waals surface area contributed by atoms with Gasteiger partial charge in [0.1, 0.15) is 11.1 Å². The van der Waals surface area contributed by atoms with E-state index in [1.165, 1.54) is 22.5 Å². The zero-order valence-corrected chi connectivity index (χ0v) is 15.7. The zero-order chi connectivity index (χ0) is 18.3. The van der Waals surface area contributed by atoms with E-state index in [1.807, 2.05) is 13.0 Å². The number of aromatic nitrogens is 3. The maximum atomic E-state index is 13.9. The van der Waals surface area contributed by atoms with E-state index in [4.69, 9.17) is 0 Å². The van der Waals surface area contributed by atoms with E-state index in [1.54, 1.807) is 12.1 Å². The molecule has 3 heterocycles. The molecule has 0 radical (unpaired) electrons. The van der Waals surface area contributed by atoms with E-state index in [-0.39, 0.29) is 23.0 Å². The summed E-state index contributed by atoms with van der Waals surface area (Å²) < 4.78 is 15.3. The number of hydrogen-bond acceptors (Lipinski definition) is 6. The second-order valence-corrected chi connectivity index (χ2v) is 7.90. The van der Waals surface area contributed by atoms with Gasteiger partial charge >= 0.3 is 0 Å². The minimum absolute atomic E-state index is 0.0645. The first-order valence-corrected chi connectivity index (χ1v) is 9.79. The fourth-order valence-electron chi connectivity index (χ4n) is 3.56. The van der Waals surface area contributed by atoms with E-state index >= 15 is 0 Å². The third-order valence-electron chi connectivity index (χ3n) is 5.03. The van der Waals surface area contributed by atoms with Crippen molar-refractivity contribution in [2.24, 2.45) is 0 Å². The molecule has 0 bridgehead atoms. The van der Waals surface area contributed by atoms with Gasteiger partial charge in [-0.2, -0.15) is 4.68 Å². The minimum Gasteiger partial charge on any atom is -0.304 e. The lowest BCUT2D eigenvalue weighted by atomic mass is 10.00.